The molecule has 0 radical (unpaired) electrons. The Kier molecular flexibility index (Phi) is 5.99. The minimum absolute atomic E-state index is 0.0198. The molecule has 2 N–H and O–H groups in total. The number of aromatic nitrogens is 1. The summed E-state index contributed by atoms with van der Waals surface area (Å²) in [7, 11) is 0. The minimum Gasteiger partial charge on any atom is -0.351 e. The summed E-state index contributed by atoms with van der Waals surface area (Å²) < 4.78 is 0. The number of carbonyl (C=O) groups excluding carboxylic acids is 2. The molecule has 6 nitrogen and oxygen atoms in total. The van der Waals surface area contributed by atoms with E-state index < -0.39 is 0 Å². The summed E-state index contributed by atoms with van der Waals surface area (Å²) in [6.45, 7) is 4.20. The summed E-state index contributed by atoms with van der Waals surface area (Å²) in [6, 6.07) is 14.5. The fourth-order valence-corrected chi connectivity index (χ4v) is 4.02. The van der Waals surface area contributed by atoms with E-state index in [9.17, 15) is 9.59 Å². The van der Waals surface area contributed by atoms with E-state index in [4.69, 9.17) is 23.2 Å². The van der Waals surface area contributed by atoms with Gasteiger partial charge in [-0.1, -0.05) is 47.5 Å². The monoisotopic (exact) mass is 444 g/mol. The zero-order valence-corrected chi connectivity index (χ0v) is 18.0. The van der Waals surface area contributed by atoms with E-state index in [1.54, 1.807) is 18.2 Å². The second kappa shape index (κ2) is 8.68. The van der Waals surface area contributed by atoms with Gasteiger partial charge in [-0.25, -0.2) is 0 Å². The first-order valence-corrected chi connectivity index (χ1v) is 10.6. The molecule has 1 fully saturated rings. The Hall–Kier alpha value is -2.54. The number of carbonyl (C=O) groups is 2. The first-order valence-electron chi connectivity index (χ1n) is 9.80. The third-order valence-corrected chi connectivity index (χ3v) is 6.32. The van der Waals surface area contributed by atoms with E-state index in [-0.39, 0.29) is 17.9 Å². The Balaban J connectivity index is 1.35. The van der Waals surface area contributed by atoms with Crippen LogP contribution in [0.2, 0.25) is 10.0 Å². The number of fused-ring (bicyclic) bond motifs is 1. The molecule has 1 unspecified atom stereocenters. The highest BCUT2D eigenvalue weighted by atomic mass is 35.5. The van der Waals surface area contributed by atoms with Gasteiger partial charge in [0.2, 0.25) is 5.91 Å². The number of nitrogens with one attached hydrogen (secondary N) is 2. The quantitative estimate of drug-likeness (QED) is 0.631. The molecule has 1 aliphatic heterocycles. The summed E-state index contributed by atoms with van der Waals surface area (Å²) in [5.41, 5.74) is 2.03. The van der Waals surface area contributed by atoms with Crippen LogP contribution in [0.3, 0.4) is 0 Å². The van der Waals surface area contributed by atoms with Crippen molar-refractivity contribution in [3.05, 3.63) is 64.3 Å². The molecule has 1 atom stereocenters. The molecule has 1 saturated heterocycles. The molecule has 2 aromatic carbocycles. The van der Waals surface area contributed by atoms with Crippen molar-refractivity contribution in [1.82, 2.24) is 14.8 Å². The van der Waals surface area contributed by atoms with Crippen LogP contribution >= 0.6 is 23.2 Å². The van der Waals surface area contributed by atoms with E-state index in [2.05, 4.69) is 15.2 Å². The molecule has 2 amide bonds. The van der Waals surface area contributed by atoms with Gasteiger partial charge in [-0.05, 0) is 31.2 Å². The highest BCUT2D eigenvalue weighted by Crippen LogP contribution is 2.29. The van der Waals surface area contributed by atoms with Gasteiger partial charge in [-0.3, -0.25) is 14.5 Å². The summed E-state index contributed by atoms with van der Waals surface area (Å²) in [5, 5.41) is 4.58. The Labute approximate surface area is 184 Å². The number of amides is 2. The van der Waals surface area contributed by atoms with Crippen molar-refractivity contribution < 1.29 is 9.59 Å². The SMILES string of the molecule is CC(C(=O)Nc1cccc(Cl)c1Cl)N1CCN(C(=O)c2cc3ccccc3[nH]2)CC1. The molecule has 1 aliphatic rings. The highest BCUT2D eigenvalue weighted by Gasteiger charge is 2.28. The zero-order valence-electron chi connectivity index (χ0n) is 16.5. The molecule has 156 valence electrons. The first kappa shape index (κ1) is 20.7. The van der Waals surface area contributed by atoms with E-state index in [0.717, 1.165) is 10.9 Å². The number of nitrogens with zero attached hydrogens (tertiary/aromatic N) is 2. The molecule has 2 heterocycles. The lowest BCUT2D eigenvalue weighted by molar-refractivity contribution is -0.121. The van der Waals surface area contributed by atoms with E-state index in [1.165, 1.54) is 0 Å². The second-order valence-corrected chi connectivity index (χ2v) is 8.15. The van der Waals surface area contributed by atoms with Crippen molar-refractivity contribution in [2.24, 2.45) is 0 Å². The number of rotatable bonds is 4. The molecule has 1 aromatic heterocycles. The number of H-pyrrole nitrogens is 1. The Morgan fingerprint density at radius 2 is 1.77 bits per heavy atom. The highest BCUT2D eigenvalue weighted by molar-refractivity contribution is 6.44. The predicted molar refractivity (Wildman–Crippen MR) is 120 cm³/mol. The third-order valence-electron chi connectivity index (χ3n) is 5.50. The maximum absolute atomic E-state index is 12.9. The number of piperazine rings is 1. The van der Waals surface area contributed by atoms with Crippen molar-refractivity contribution in [2.45, 2.75) is 13.0 Å². The van der Waals surface area contributed by atoms with Crippen LogP contribution in [-0.2, 0) is 4.79 Å². The lowest BCUT2D eigenvalue weighted by Crippen LogP contribution is -2.54. The van der Waals surface area contributed by atoms with Gasteiger partial charge in [0.1, 0.15) is 5.69 Å². The van der Waals surface area contributed by atoms with Gasteiger partial charge >= 0.3 is 0 Å². The van der Waals surface area contributed by atoms with Crippen LogP contribution in [0.25, 0.3) is 10.9 Å². The van der Waals surface area contributed by atoms with Crippen LogP contribution in [0, 0.1) is 0 Å². The lowest BCUT2D eigenvalue weighted by atomic mass is 10.2. The minimum atomic E-state index is -0.356. The lowest BCUT2D eigenvalue weighted by Gasteiger charge is -2.37. The van der Waals surface area contributed by atoms with Crippen LogP contribution in [0.1, 0.15) is 17.4 Å². The summed E-state index contributed by atoms with van der Waals surface area (Å²) in [4.78, 5) is 32.6. The standard InChI is InChI=1S/C22H22Cl2N4O2/c1-14(21(29)26-18-8-4-6-16(23)20(18)24)27-9-11-28(12-10-27)22(30)19-13-15-5-2-3-7-17(15)25-19/h2-8,13-14,25H,9-12H2,1H3,(H,26,29). The van der Waals surface area contributed by atoms with Gasteiger partial charge in [0.15, 0.2) is 0 Å². The van der Waals surface area contributed by atoms with E-state index in [1.807, 2.05) is 42.2 Å². The summed E-state index contributed by atoms with van der Waals surface area (Å²) >= 11 is 12.2. The van der Waals surface area contributed by atoms with Gasteiger partial charge in [0.05, 0.1) is 21.8 Å². The predicted octanol–water partition coefficient (Wildman–Crippen LogP) is 4.26. The molecule has 0 saturated carbocycles. The molecule has 8 heteroatoms. The number of para-hydroxylation sites is 1. The van der Waals surface area contributed by atoms with Crippen molar-refractivity contribution in [2.75, 3.05) is 31.5 Å². The number of hydrogen-bond acceptors (Lipinski definition) is 3. The Bertz CT molecular complexity index is 1060. The zero-order chi connectivity index (χ0) is 21.3. The molecule has 4 rings (SSSR count). The fourth-order valence-electron chi connectivity index (χ4n) is 3.67. The Morgan fingerprint density at radius 3 is 2.50 bits per heavy atom. The summed E-state index contributed by atoms with van der Waals surface area (Å²) in [6.07, 6.45) is 0. The molecular formula is C22H22Cl2N4O2. The van der Waals surface area contributed by atoms with Crippen LogP contribution in [0.4, 0.5) is 5.69 Å². The average Bonchev–Trinajstić information content (AvgIpc) is 3.20. The largest absolute Gasteiger partial charge is 0.351 e. The van der Waals surface area contributed by atoms with Gasteiger partial charge < -0.3 is 15.2 Å². The normalized spacial score (nSPS) is 15.9. The van der Waals surface area contributed by atoms with Crippen molar-refractivity contribution >= 4 is 51.6 Å². The van der Waals surface area contributed by atoms with Crippen LogP contribution < -0.4 is 5.32 Å². The van der Waals surface area contributed by atoms with Gasteiger partial charge in [-0.2, -0.15) is 0 Å². The first-order chi connectivity index (χ1) is 14.4. The second-order valence-electron chi connectivity index (χ2n) is 7.37. The number of benzene rings is 2. The number of hydrogen-bond donors (Lipinski definition) is 2. The van der Waals surface area contributed by atoms with Gasteiger partial charge in [0.25, 0.3) is 5.91 Å². The topological polar surface area (TPSA) is 68.4 Å². The van der Waals surface area contributed by atoms with Crippen LogP contribution in [0.5, 0.6) is 0 Å². The summed E-state index contributed by atoms with van der Waals surface area (Å²) in [5.74, 6) is -0.178. The van der Waals surface area contributed by atoms with Crippen LogP contribution in [0.15, 0.2) is 48.5 Å². The van der Waals surface area contributed by atoms with Crippen LogP contribution in [-0.4, -0.2) is 58.8 Å². The molecule has 0 spiro atoms. The number of halogens is 2. The average molecular weight is 445 g/mol. The molecule has 0 bridgehead atoms. The number of aromatic amines is 1. The number of anilines is 1. The molecular weight excluding hydrogens is 423 g/mol. The van der Waals surface area contributed by atoms with Crippen molar-refractivity contribution in [3.8, 4) is 0 Å². The maximum atomic E-state index is 12.9. The van der Waals surface area contributed by atoms with Gasteiger partial charge in [0, 0.05) is 37.1 Å². The van der Waals surface area contributed by atoms with E-state index in [0.29, 0.717) is 47.6 Å². The van der Waals surface area contributed by atoms with Crippen molar-refractivity contribution in [1.29, 1.82) is 0 Å². The molecule has 30 heavy (non-hydrogen) atoms. The Morgan fingerprint density at radius 1 is 1.03 bits per heavy atom. The third kappa shape index (κ3) is 4.17. The molecule has 0 aliphatic carbocycles. The van der Waals surface area contributed by atoms with Crippen molar-refractivity contribution in [3.63, 3.8) is 0 Å². The molecule has 3 aromatic rings. The maximum Gasteiger partial charge on any atom is 0.270 e. The van der Waals surface area contributed by atoms with Gasteiger partial charge in [-0.15, -0.1) is 0 Å². The smallest absolute Gasteiger partial charge is 0.270 e. The van der Waals surface area contributed by atoms with E-state index >= 15 is 0 Å². The fraction of sp³-hybridized carbons (Fsp3) is 0.273.